The van der Waals surface area contributed by atoms with Crippen molar-refractivity contribution in [2.45, 2.75) is 26.1 Å². The van der Waals surface area contributed by atoms with Gasteiger partial charge in [0.1, 0.15) is 0 Å². The lowest BCUT2D eigenvalue weighted by Gasteiger charge is -2.39. The minimum Gasteiger partial charge on any atom is -0.339 e. The summed E-state index contributed by atoms with van der Waals surface area (Å²) in [5, 5.41) is 4.32. The number of halogens is 3. The molecule has 2 aromatic carbocycles. The Bertz CT molecular complexity index is 1750. The van der Waals surface area contributed by atoms with Crippen molar-refractivity contribution in [1.29, 1.82) is 0 Å². The van der Waals surface area contributed by atoms with E-state index in [1.165, 1.54) is 41.8 Å². The van der Waals surface area contributed by atoms with Gasteiger partial charge in [-0.1, -0.05) is 18.2 Å². The van der Waals surface area contributed by atoms with Crippen molar-refractivity contribution < 1.29 is 18.0 Å². The molecule has 0 unspecified atom stereocenters. The molecule has 1 aliphatic heterocycles. The number of benzene rings is 2. The van der Waals surface area contributed by atoms with Gasteiger partial charge in [0.15, 0.2) is 5.69 Å². The van der Waals surface area contributed by atoms with Gasteiger partial charge in [-0.25, -0.2) is 14.3 Å². The molecule has 0 radical (unpaired) electrons. The number of carbonyl (C=O) groups excluding carboxylic acids is 1. The van der Waals surface area contributed by atoms with Crippen molar-refractivity contribution in [2.75, 3.05) is 13.1 Å². The Balaban J connectivity index is 1.77. The molecule has 1 saturated heterocycles. The van der Waals surface area contributed by atoms with Gasteiger partial charge in [-0.05, 0) is 43.3 Å². The number of hydrogen-bond donors (Lipinski definition) is 0. The van der Waals surface area contributed by atoms with Crippen LogP contribution in [0.15, 0.2) is 70.4 Å². The normalized spacial score (nSPS) is 13.7. The second-order valence-electron chi connectivity index (χ2n) is 9.14. The van der Waals surface area contributed by atoms with Crippen LogP contribution in [0.3, 0.4) is 0 Å². The first-order chi connectivity index (χ1) is 18.5. The Kier molecular flexibility index (Phi) is 6.22. The summed E-state index contributed by atoms with van der Waals surface area (Å²) in [4.78, 5) is 44.2. The quantitative estimate of drug-likeness (QED) is 0.369. The maximum atomic E-state index is 13.9. The maximum Gasteiger partial charge on any atom is 0.416 e. The van der Waals surface area contributed by atoms with Crippen molar-refractivity contribution in [3.63, 3.8) is 0 Å². The van der Waals surface area contributed by atoms with Crippen molar-refractivity contribution >= 4 is 11.6 Å². The zero-order valence-electron chi connectivity index (χ0n) is 20.8. The fourth-order valence-electron chi connectivity index (χ4n) is 4.71. The first-order valence-electron chi connectivity index (χ1n) is 11.8. The molecule has 0 bridgehead atoms. The summed E-state index contributed by atoms with van der Waals surface area (Å²) in [7, 11) is 0. The van der Waals surface area contributed by atoms with Crippen LogP contribution in [-0.2, 0) is 11.0 Å². The van der Waals surface area contributed by atoms with E-state index in [0.29, 0.717) is 17.1 Å². The lowest BCUT2D eigenvalue weighted by atomic mass is 10.1. The molecule has 0 atom stereocenters. The van der Waals surface area contributed by atoms with Crippen molar-refractivity contribution in [3.8, 4) is 22.6 Å². The summed E-state index contributed by atoms with van der Waals surface area (Å²) in [6.45, 7) is 10.3. The molecule has 1 aliphatic rings. The third-order valence-corrected chi connectivity index (χ3v) is 6.75. The Hall–Kier alpha value is -4.92. The van der Waals surface area contributed by atoms with E-state index >= 15 is 0 Å². The Morgan fingerprint density at radius 3 is 2.36 bits per heavy atom. The van der Waals surface area contributed by atoms with E-state index in [-0.39, 0.29) is 35.9 Å². The smallest absolute Gasteiger partial charge is 0.339 e. The highest BCUT2D eigenvalue weighted by molar-refractivity contribution is 5.74. The number of carbonyl (C=O) groups is 1. The molecule has 3 heterocycles. The molecule has 0 spiro atoms. The Labute approximate surface area is 219 Å². The molecule has 5 rings (SSSR count). The van der Waals surface area contributed by atoms with Crippen LogP contribution in [0.2, 0.25) is 0 Å². The van der Waals surface area contributed by atoms with Crippen molar-refractivity contribution in [2.24, 2.45) is 0 Å². The van der Waals surface area contributed by atoms with Gasteiger partial charge in [-0.3, -0.25) is 18.7 Å². The molecule has 39 heavy (non-hydrogen) atoms. The third kappa shape index (κ3) is 4.41. The molecular weight excluding hydrogens is 513 g/mol. The summed E-state index contributed by atoms with van der Waals surface area (Å²) < 4.78 is 44.1. The van der Waals surface area contributed by atoms with E-state index in [1.54, 1.807) is 30.3 Å². The lowest BCUT2D eigenvalue weighted by molar-refractivity contribution is -0.137. The number of rotatable bonds is 4. The SMILES string of the molecule is [C-]#[N+]c1ccc(-n2nccc2-c2c(C)n(-c3cccc(C(F)(F)F)c3)c(=O)n(C3CN(C(C)=O)C3)c2=O)cc1. The van der Waals surface area contributed by atoms with E-state index < -0.39 is 29.0 Å². The molecule has 198 valence electrons. The highest BCUT2D eigenvalue weighted by Gasteiger charge is 2.35. The molecule has 1 amide bonds. The van der Waals surface area contributed by atoms with Crippen molar-refractivity contribution in [3.05, 3.63) is 104 Å². The summed E-state index contributed by atoms with van der Waals surface area (Å²) in [6, 6.07) is 11.7. The monoisotopic (exact) mass is 534 g/mol. The van der Waals surface area contributed by atoms with Crippen LogP contribution in [0, 0.1) is 13.5 Å². The Morgan fingerprint density at radius 1 is 1.05 bits per heavy atom. The summed E-state index contributed by atoms with van der Waals surface area (Å²) in [6.07, 6.45) is -3.18. The van der Waals surface area contributed by atoms with Crippen LogP contribution < -0.4 is 11.2 Å². The van der Waals surface area contributed by atoms with Gasteiger partial charge in [0, 0.05) is 25.7 Å². The zero-order valence-corrected chi connectivity index (χ0v) is 20.8. The van der Waals surface area contributed by atoms with Gasteiger partial charge in [-0.15, -0.1) is 0 Å². The Morgan fingerprint density at radius 2 is 1.74 bits per heavy atom. The predicted octanol–water partition coefficient (Wildman–Crippen LogP) is 4.13. The van der Waals surface area contributed by atoms with Crippen LogP contribution in [0.5, 0.6) is 0 Å². The summed E-state index contributed by atoms with van der Waals surface area (Å²) >= 11 is 0. The van der Waals surface area contributed by atoms with Gasteiger partial charge in [0.25, 0.3) is 5.56 Å². The minimum atomic E-state index is -4.64. The second kappa shape index (κ2) is 9.43. The first-order valence-corrected chi connectivity index (χ1v) is 11.8. The topological polar surface area (TPSA) is 86.5 Å². The van der Waals surface area contributed by atoms with Crippen LogP contribution in [-0.4, -0.2) is 42.8 Å². The van der Waals surface area contributed by atoms with Gasteiger partial charge >= 0.3 is 11.9 Å². The van der Waals surface area contributed by atoms with Gasteiger partial charge < -0.3 is 4.90 Å². The number of nitrogens with zero attached hydrogens (tertiary/aromatic N) is 6. The van der Waals surface area contributed by atoms with Crippen LogP contribution in [0.25, 0.3) is 27.5 Å². The summed E-state index contributed by atoms with van der Waals surface area (Å²) in [5.74, 6) is -0.217. The number of alkyl halides is 3. The number of hydrogen-bond acceptors (Lipinski definition) is 4. The average Bonchev–Trinajstić information content (AvgIpc) is 3.34. The van der Waals surface area contributed by atoms with E-state index in [9.17, 15) is 27.6 Å². The third-order valence-electron chi connectivity index (χ3n) is 6.75. The first kappa shape index (κ1) is 25.7. The fraction of sp³-hybridized carbons (Fsp3) is 0.222. The van der Waals surface area contributed by atoms with Crippen LogP contribution in [0.4, 0.5) is 18.9 Å². The van der Waals surface area contributed by atoms with E-state index in [2.05, 4.69) is 9.94 Å². The minimum absolute atomic E-state index is 0.0578. The van der Waals surface area contributed by atoms with Gasteiger partial charge in [-0.2, -0.15) is 18.3 Å². The fourth-order valence-corrected chi connectivity index (χ4v) is 4.71. The molecular formula is C27H21F3N6O3. The largest absolute Gasteiger partial charge is 0.416 e. The summed E-state index contributed by atoms with van der Waals surface area (Å²) in [5.41, 5.74) is -0.998. The molecule has 0 N–H and O–H groups in total. The number of amides is 1. The highest BCUT2D eigenvalue weighted by atomic mass is 19.4. The molecule has 0 aliphatic carbocycles. The predicted molar refractivity (Wildman–Crippen MR) is 136 cm³/mol. The van der Waals surface area contributed by atoms with Crippen molar-refractivity contribution in [1.82, 2.24) is 23.8 Å². The number of aromatic nitrogens is 4. The maximum absolute atomic E-state index is 13.9. The van der Waals surface area contributed by atoms with Gasteiger partial charge in [0.2, 0.25) is 5.91 Å². The molecule has 12 heteroatoms. The van der Waals surface area contributed by atoms with E-state index in [4.69, 9.17) is 6.57 Å². The lowest BCUT2D eigenvalue weighted by Crippen LogP contribution is -2.56. The second-order valence-corrected chi connectivity index (χ2v) is 9.14. The zero-order chi connectivity index (χ0) is 28.1. The standard InChI is InChI=1S/C27H21F3N6O3/c1-16-24(23-11-12-32-36(23)20-9-7-19(31-3)8-10-20)25(38)35(22-14-33(15-22)17(2)37)26(39)34(16)21-6-4-5-18(13-21)27(28,29)30/h4-13,22H,14-15H2,1-2H3. The van der Waals surface area contributed by atoms with E-state index in [0.717, 1.165) is 21.3 Å². The molecule has 0 saturated carbocycles. The van der Waals surface area contributed by atoms with Crippen LogP contribution >= 0.6 is 0 Å². The van der Waals surface area contributed by atoms with E-state index in [1.807, 2.05) is 0 Å². The molecule has 4 aromatic rings. The molecule has 9 nitrogen and oxygen atoms in total. The average molecular weight is 534 g/mol. The number of likely N-dealkylation sites (tertiary alicyclic amines) is 1. The highest BCUT2D eigenvalue weighted by Crippen LogP contribution is 2.31. The van der Waals surface area contributed by atoms with Gasteiger partial charge in [0.05, 0.1) is 47.0 Å². The molecule has 2 aromatic heterocycles. The molecule has 1 fully saturated rings. The van der Waals surface area contributed by atoms with Crippen LogP contribution in [0.1, 0.15) is 24.2 Å².